The Balaban J connectivity index is 1.44. The van der Waals surface area contributed by atoms with E-state index in [2.05, 4.69) is 29.7 Å². The molecule has 0 bridgehead atoms. The summed E-state index contributed by atoms with van der Waals surface area (Å²) in [5.74, 6) is 1.45. The molecule has 0 spiro atoms. The summed E-state index contributed by atoms with van der Waals surface area (Å²) in [6.45, 7) is 8.11. The smallest absolute Gasteiger partial charge is 0.251 e. The van der Waals surface area contributed by atoms with Crippen LogP contribution in [0, 0.1) is 11.8 Å². The minimum absolute atomic E-state index is 0.0554. The number of hydrogen-bond acceptors (Lipinski definition) is 3. The van der Waals surface area contributed by atoms with E-state index in [9.17, 15) is 9.59 Å². The Bertz CT molecular complexity index is 859. The van der Waals surface area contributed by atoms with Crippen molar-refractivity contribution in [2.45, 2.75) is 59.1 Å². The summed E-state index contributed by atoms with van der Waals surface area (Å²) < 4.78 is 5.67. The second kappa shape index (κ2) is 9.79. The molecule has 0 saturated heterocycles. The predicted molar refractivity (Wildman–Crippen MR) is 120 cm³/mol. The van der Waals surface area contributed by atoms with Crippen LogP contribution in [0.2, 0.25) is 0 Å². The second-order valence-corrected chi connectivity index (χ2v) is 8.61. The highest BCUT2D eigenvalue weighted by molar-refractivity contribution is 5.97. The van der Waals surface area contributed by atoms with Crippen LogP contribution in [0.25, 0.3) is 0 Å². The van der Waals surface area contributed by atoms with Crippen molar-refractivity contribution in [3.63, 3.8) is 0 Å². The molecule has 2 N–H and O–H groups in total. The third kappa shape index (κ3) is 6.34. The Labute approximate surface area is 179 Å². The molecule has 5 nitrogen and oxygen atoms in total. The number of anilines is 1. The summed E-state index contributed by atoms with van der Waals surface area (Å²) in [5, 5.41) is 5.96. The van der Waals surface area contributed by atoms with Crippen LogP contribution in [0.3, 0.4) is 0 Å². The summed E-state index contributed by atoms with van der Waals surface area (Å²) >= 11 is 0. The van der Waals surface area contributed by atoms with Crippen molar-refractivity contribution in [2.75, 3.05) is 5.32 Å². The third-order valence-corrected chi connectivity index (χ3v) is 5.40. The van der Waals surface area contributed by atoms with Gasteiger partial charge in [0.2, 0.25) is 5.91 Å². The summed E-state index contributed by atoms with van der Waals surface area (Å²) in [6.07, 6.45) is 2.86. The number of hydrogen-bond donors (Lipinski definition) is 2. The van der Waals surface area contributed by atoms with Crippen molar-refractivity contribution in [3.8, 4) is 5.75 Å². The zero-order valence-corrected chi connectivity index (χ0v) is 18.3. The predicted octanol–water partition coefficient (Wildman–Crippen LogP) is 4.82. The fraction of sp³-hybridized carbons (Fsp3) is 0.440. The standard InChI is InChI=1S/C25H32N2O3/c1-16(2)30-22-13-7-19(8-14-22)6-5-18(4)26-24(28)20-9-11-21(12-10-20)27-25(29)23-15-17(23)3/h7-14,16-18,23H,5-6,15H2,1-4H3,(H,26,28)(H,27,29). The summed E-state index contributed by atoms with van der Waals surface area (Å²) in [6, 6.07) is 15.2. The van der Waals surface area contributed by atoms with Gasteiger partial charge in [-0.2, -0.15) is 0 Å². The van der Waals surface area contributed by atoms with Crippen LogP contribution in [-0.2, 0) is 11.2 Å². The molecule has 3 atom stereocenters. The van der Waals surface area contributed by atoms with E-state index < -0.39 is 0 Å². The molecule has 0 aromatic heterocycles. The first-order valence-corrected chi connectivity index (χ1v) is 10.8. The topological polar surface area (TPSA) is 67.4 Å². The maximum atomic E-state index is 12.5. The number of nitrogens with one attached hydrogen (secondary N) is 2. The number of carbonyl (C=O) groups excluding carboxylic acids is 2. The van der Waals surface area contributed by atoms with Gasteiger partial charge in [0.15, 0.2) is 0 Å². The van der Waals surface area contributed by atoms with Crippen LogP contribution in [0.5, 0.6) is 5.75 Å². The van der Waals surface area contributed by atoms with Crippen molar-refractivity contribution in [1.29, 1.82) is 0 Å². The largest absolute Gasteiger partial charge is 0.491 e. The molecule has 0 radical (unpaired) electrons. The Morgan fingerprint density at radius 1 is 1.03 bits per heavy atom. The van der Waals surface area contributed by atoms with E-state index in [1.54, 1.807) is 24.3 Å². The van der Waals surface area contributed by atoms with Gasteiger partial charge in [-0.3, -0.25) is 9.59 Å². The molecule has 2 amide bonds. The maximum absolute atomic E-state index is 12.5. The van der Waals surface area contributed by atoms with E-state index in [0.29, 0.717) is 11.5 Å². The van der Waals surface area contributed by atoms with E-state index in [1.807, 2.05) is 32.9 Å². The monoisotopic (exact) mass is 408 g/mol. The SMILES string of the molecule is CC(CCc1ccc(OC(C)C)cc1)NC(=O)c1ccc(NC(=O)C2CC2C)cc1. The third-order valence-electron chi connectivity index (χ3n) is 5.40. The Morgan fingerprint density at radius 2 is 1.67 bits per heavy atom. The molecule has 1 aliphatic rings. The molecule has 3 rings (SSSR count). The molecule has 5 heteroatoms. The van der Waals surface area contributed by atoms with Gasteiger partial charge in [-0.05, 0) is 87.9 Å². The summed E-state index contributed by atoms with van der Waals surface area (Å²) in [7, 11) is 0. The summed E-state index contributed by atoms with van der Waals surface area (Å²) in [4.78, 5) is 24.5. The molecule has 160 valence electrons. The molecule has 1 saturated carbocycles. The van der Waals surface area contributed by atoms with Crippen LogP contribution >= 0.6 is 0 Å². The summed E-state index contributed by atoms with van der Waals surface area (Å²) in [5.41, 5.74) is 2.54. The highest BCUT2D eigenvalue weighted by atomic mass is 16.5. The molecule has 1 aliphatic carbocycles. The van der Waals surface area contributed by atoms with Crippen molar-refractivity contribution < 1.29 is 14.3 Å². The molecule has 0 heterocycles. The minimum Gasteiger partial charge on any atom is -0.491 e. The number of ether oxygens (including phenoxy) is 1. The van der Waals surface area contributed by atoms with Crippen LogP contribution in [0.4, 0.5) is 5.69 Å². The minimum atomic E-state index is -0.100. The normalized spacial score (nSPS) is 18.6. The van der Waals surface area contributed by atoms with E-state index in [4.69, 9.17) is 4.74 Å². The van der Waals surface area contributed by atoms with Crippen LogP contribution in [0.15, 0.2) is 48.5 Å². The average molecular weight is 409 g/mol. The number of benzene rings is 2. The van der Waals surface area contributed by atoms with Gasteiger partial charge >= 0.3 is 0 Å². The Morgan fingerprint density at radius 3 is 2.23 bits per heavy atom. The Hall–Kier alpha value is -2.82. The van der Waals surface area contributed by atoms with Crippen molar-refractivity contribution in [2.24, 2.45) is 11.8 Å². The van der Waals surface area contributed by atoms with Crippen LogP contribution < -0.4 is 15.4 Å². The fourth-order valence-corrected chi connectivity index (χ4v) is 3.40. The second-order valence-electron chi connectivity index (χ2n) is 8.61. The van der Waals surface area contributed by atoms with Crippen molar-refractivity contribution in [1.82, 2.24) is 5.32 Å². The van der Waals surface area contributed by atoms with Gasteiger partial charge in [0.1, 0.15) is 5.75 Å². The average Bonchev–Trinajstić information content (AvgIpc) is 3.44. The molecule has 2 aromatic carbocycles. The maximum Gasteiger partial charge on any atom is 0.251 e. The van der Waals surface area contributed by atoms with E-state index >= 15 is 0 Å². The van der Waals surface area contributed by atoms with Crippen molar-refractivity contribution >= 4 is 17.5 Å². The zero-order chi connectivity index (χ0) is 21.7. The first-order chi connectivity index (χ1) is 14.3. The number of amides is 2. The molecular formula is C25H32N2O3. The van der Waals surface area contributed by atoms with Crippen LogP contribution in [-0.4, -0.2) is 24.0 Å². The first-order valence-electron chi connectivity index (χ1n) is 10.8. The molecule has 2 aromatic rings. The van der Waals surface area contributed by atoms with Gasteiger partial charge in [-0.15, -0.1) is 0 Å². The van der Waals surface area contributed by atoms with E-state index in [1.165, 1.54) is 5.56 Å². The van der Waals surface area contributed by atoms with Gasteiger partial charge in [0.25, 0.3) is 5.91 Å². The lowest BCUT2D eigenvalue weighted by Gasteiger charge is -2.15. The molecule has 1 fully saturated rings. The van der Waals surface area contributed by atoms with Crippen LogP contribution in [0.1, 0.15) is 56.5 Å². The molecule has 30 heavy (non-hydrogen) atoms. The molecule has 0 aliphatic heterocycles. The lowest BCUT2D eigenvalue weighted by molar-refractivity contribution is -0.117. The number of rotatable bonds is 9. The van der Waals surface area contributed by atoms with Gasteiger partial charge < -0.3 is 15.4 Å². The lowest BCUT2D eigenvalue weighted by atomic mass is 10.1. The highest BCUT2D eigenvalue weighted by Gasteiger charge is 2.39. The number of carbonyl (C=O) groups is 2. The quantitative estimate of drug-likeness (QED) is 0.625. The number of aryl methyl sites for hydroxylation is 1. The van der Waals surface area contributed by atoms with E-state index in [-0.39, 0.29) is 29.9 Å². The zero-order valence-electron chi connectivity index (χ0n) is 18.3. The van der Waals surface area contributed by atoms with Gasteiger partial charge in [-0.25, -0.2) is 0 Å². The first kappa shape index (κ1) is 21.9. The lowest BCUT2D eigenvalue weighted by Crippen LogP contribution is -2.32. The van der Waals surface area contributed by atoms with Gasteiger partial charge in [0, 0.05) is 23.2 Å². The highest BCUT2D eigenvalue weighted by Crippen LogP contribution is 2.38. The van der Waals surface area contributed by atoms with E-state index in [0.717, 1.165) is 30.7 Å². The van der Waals surface area contributed by atoms with Gasteiger partial charge in [-0.1, -0.05) is 19.1 Å². The van der Waals surface area contributed by atoms with Crippen molar-refractivity contribution in [3.05, 3.63) is 59.7 Å². The van der Waals surface area contributed by atoms with Gasteiger partial charge in [0.05, 0.1) is 6.10 Å². The fourth-order valence-electron chi connectivity index (χ4n) is 3.40. The molecular weight excluding hydrogens is 376 g/mol. The Kier molecular flexibility index (Phi) is 7.14. The molecule has 3 unspecified atom stereocenters.